The molecule has 9 heteroatoms. The van der Waals surface area contributed by atoms with Crippen LogP contribution in [0.5, 0.6) is 0 Å². The van der Waals surface area contributed by atoms with E-state index in [1.165, 1.54) is 12.1 Å². The number of aromatic nitrogens is 2. The lowest BCUT2D eigenvalue weighted by Gasteiger charge is -2.36. The van der Waals surface area contributed by atoms with E-state index < -0.39 is 16.5 Å². The highest BCUT2D eigenvalue weighted by Crippen LogP contribution is 2.37. The van der Waals surface area contributed by atoms with E-state index in [4.69, 9.17) is 10.5 Å². The van der Waals surface area contributed by atoms with Gasteiger partial charge in [-0.05, 0) is 42.2 Å². The summed E-state index contributed by atoms with van der Waals surface area (Å²) in [7, 11) is 0. The molecule has 4 N–H and O–H groups in total. The Bertz CT molecular complexity index is 1100. The summed E-state index contributed by atoms with van der Waals surface area (Å²) in [6, 6.07) is 14.1. The van der Waals surface area contributed by atoms with Crippen LogP contribution in [0.25, 0.3) is 11.1 Å². The number of nitrogens with one attached hydrogen (secondary N) is 1. The monoisotopic (exact) mass is 438 g/mol. The Hall–Kier alpha value is -3.14. The molecule has 1 aliphatic heterocycles. The van der Waals surface area contributed by atoms with Gasteiger partial charge in [0.1, 0.15) is 0 Å². The van der Waals surface area contributed by atoms with Crippen LogP contribution in [0.2, 0.25) is 0 Å². The zero-order valence-electron chi connectivity index (χ0n) is 16.7. The average Bonchev–Trinajstić information content (AvgIpc) is 2.80. The lowest BCUT2D eigenvalue weighted by atomic mass is 9.73. The Morgan fingerprint density at radius 2 is 1.74 bits per heavy atom. The van der Waals surface area contributed by atoms with E-state index in [1.807, 2.05) is 24.3 Å². The van der Waals surface area contributed by atoms with Gasteiger partial charge in [-0.2, -0.15) is 0 Å². The molecule has 31 heavy (non-hydrogen) atoms. The molecule has 0 aliphatic carbocycles. The molecule has 2 heterocycles. The fraction of sp³-hybridized carbons (Fsp3) is 0.227. The summed E-state index contributed by atoms with van der Waals surface area (Å²) in [6.07, 6.45) is 4.39. The molecule has 0 bridgehead atoms. The van der Waals surface area contributed by atoms with Crippen LogP contribution in [0, 0.1) is 0 Å². The second-order valence-corrected chi connectivity index (χ2v) is 8.30. The quantitative estimate of drug-likeness (QED) is 0.523. The van der Waals surface area contributed by atoms with Crippen LogP contribution >= 0.6 is 0 Å². The number of amides is 1. The molecule has 2 aromatic carbocycles. The number of benzene rings is 2. The van der Waals surface area contributed by atoms with E-state index in [0.29, 0.717) is 31.7 Å². The third-order valence-electron chi connectivity index (χ3n) is 5.52. The molecule has 0 saturated carbocycles. The fourth-order valence-corrected chi connectivity index (χ4v) is 4.19. The van der Waals surface area contributed by atoms with Gasteiger partial charge in [-0.15, -0.1) is 0 Å². The molecule has 1 amide bonds. The number of ether oxygens (including phenoxy) is 1. The second-order valence-electron chi connectivity index (χ2n) is 7.33. The van der Waals surface area contributed by atoms with E-state index in [2.05, 4.69) is 15.3 Å². The van der Waals surface area contributed by atoms with Gasteiger partial charge in [-0.25, -0.2) is 14.2 Å². The zero-order valence-corrected chi connectivity index (χ0v) is 17.5. The summed E-state index contributed by atoms with van der Waals surface area (Å²) < 4.78 is 26.2. The lowest BCUT2D eigenvalue weighted by Crippen LogP contribution is -2.44. The number of hydrogen-bond donors (Lipinski definition) is 3. The van der Waals surface area contributed by atoms with Crippen molar-refractivity contribution in [3.05, 3.63) is 66.5 Å². The number of carbonyl (C=O) groups is 1. The third kappa shape index (κ3) is 4.48. The van der Waals surface area contributed by atoms with Crippen molar-refractivity contribution >= 4 is 28.6 Å². The van der Waals surface area contributed by atoms with Crippen molar-refractivity contribution in [1.82, 2.24) is 9.97 Å². The van der Waals surface area contributed by atoms with Gasteiger partial charge in [0.2, 0.25) is 11.9 Å². The first-order valence-electron chi connectivity index (χ1n) is 9.76. The van der Waals surface area contributed by atoms with Gasteiger partial charge in [0.15, 0.2) is 11.1 Å². The van der Waals surface area contributed by atoms with E-state index in [9.17, 15) is 13.6 Å². The maximum absolute atomic E-state index is 13.4. The Labute approximate surface area is 182 Å². The zero-order chi connectivity index (χ0) is 21.8. The topological polar surface area (TPSA) is 127 Å². The third-order valence-corrected chi connectivity index (χ3v) is 6.17. The maximum Gasteiger partial charge on any atom is 0.235 e. The number of nitrogens with zero attached hydrogens (tertiary/aromatic N) is 2. The highest BCUT2D eigenvalue weighted by molar-refractivity contribution is 7.79. The van der Waals surface area contributed by atoms with Gasteiger partial charge in [-0.3, -0.25) is 4.79 Å². The fourth-order valence-electron chi connectivity index (χ4n) is 3.77. The first-order valence-corrected chi connectivity index (χ1v) is 10.9. The summed E-state index contributed by atoms with van der Waals surface area (Å²) in [4.78, 5) is 21.7. The molecule has 1 aromatic heterocycles. The minimum absolute atomic E-state index is 0.166. The molecule has 4 rings (SSSR count). The average molecular weight is 439 g/mol. The van der Waals surface area contributed by atoms with Crippen LogP contribution in [-0.2, 0) is 26.0 Å². The van der Waals surface area contributed by atoms with E-state index >= 15 is 0 Å². The molecule has 1 fully saturated rings. The minimum Gasteiger partial charge on any atom is -0.381 e. The number of carbonyl (C=O) groups excluding carboxylic acids is 1. The molecule has 1 saturated heterocycles. The summed E-state index contributed by atoms with van der Waals surface area (Å²) in [5.41, 5.74) is 7.91. The number of rotatable bonds is 5. The largest absolute Gasteiger partial charge is 0.381 e. The van der Waals surface area contributed by atoms with Crippen molar-refractivity contribution in [3.63, 3.8) is 0 Å². The summed E-state index contributed by atoms with van der Waals surface area (Å²) in [5.74, 6) is 0.0486. The van der Waals surface area contributed by atoms with E-state index in [0.717, 1.165) is 16.7 Å². The summed E-state index contributed by atoms with van der Waals surface area (Å²) in [6.45, 7) is 0.948. The van der Waals surface area contributed by atoms with Crippen LogP contribution < -0.4 is 11.1 Å². The van der Waals surface area contributed by atoms with E-state index in [-0.39, 0.29) is 16.8 Å². The molecular weight excluding hydrogens is 416 g/mol. The second kappa shape index (κ2) is 8.93. The van der Waals surface area contributed by atoms with E-state index in [1.54, 1.807) is 24.5 Å². The van der Waals surface area contributed by atoms with Crippen LogP contribution in [0.1, 0.15) is 18.4 Å². The van der Waals surface area contributed by atoms with Crippen molar-refractivity contribution in [2.75, 3.05) is 24.3 Å². The number of nitrogen functional groups attached to an aromatic ring is 1. The van der Waals surface area contributed by atoms with Crippen LogP contribution in [0.15, 0.2) is 65.8 Å². The first-order chi connectivity index (χ1) is 15.0. The van der Waals surface area contributed by atoms with Crippen LogP contribution in [-0.4, -0.2) is 37.9 Å². The molecule has 0 spiro atoms. The normalized spacial score (nSPS) is 16.4. The Morgan fingerprint density at radius 1 is 1.06 bits per heavy atom. The van der Waals surface area contributed by atoms with Crippen LogP contribution in [0.4, 0.5) is 11.6 Å². The summed E-state index contributed by atoms with van der Waals surface area (Å²) in [5, 5.41) is 2.92. The maximum atomic E-state index is 13.4. The lowest BCUT2D eigenvalue weighted by molar-refractivity contribution is -0.125. The molecule has 0 radical (unpaired) electrons. The SMILES string of the molecule is Nc1ncc(-c2ccc(C3(C(=O)Nc4cccc(S(=O)O)c4)CCOCC3)cc2)cn1. The van der Waals surface area contributed by atoms with Crippen molar-refractivity contribution in [2.24, 2.45) is 0 Å². The number of anilines is 2. The standard InChI is InChI=1S/C22H22N4O4S/c23-21-24-13-16(14-25-21)15-4-6-17(7-5-15)22(8-10-30-11-9-22)20(27)26-18-2-1-3-19(12-18)31(28)29/h1-7,12-14H,8-11H2,(H,26,27)(H,28,29)(H2,23,24,25). The minimum atomic E-state index is -2.12. The number of hydrogen-bond acceptors (Lipinski definition) is 6. The highest BCUT2D eigenvalue weighted by Gasteiger charge is 2.41. The van der Waals surface area contributed by atoms with Crippen molar-refractivity contribution in [2.45, 2.75) is 23.2 Å². The number of nitrogens with two attached hydrogens (primary N) is 1. The molecule has 8 nitrogen and oxygen atoms in total. The molecule has 1 aliphatic rings. The molecular formula is C22H22N4O4S. The Morgan fingerprint density at radius 3 is 2.39 bits per heavy atom. The smallest absolute Gasteiger partial charge is 0.235 e. The Kier molecular flexibility index (Phi) is 6.08. The van der Waals surface area contributed by atoms with Gasteiger partial charge in [0, 0.05) is 36.9 Å². The molecule has 3 aromatic rings. The van der Waals surface area contributed by atoms with Crippen LogP contribution in [0.3, 0.4) is 0 Å². The predicted molar refractivity (Wildman–Crippen MR) is 118 cm³/mol. The van der Waals surface area contributed by atoms with Gasteiger partial charge in [0.25, 0.3) is 0 Å². The van der Waals surface area contributed by atoms with Gasteiger partial charge < -0.3 is 20.3 Å². The summed E-state index contributed by atoms with van der Waals surface area (Å²) >= 11 is -2.12. The molecule has 1 atom stereocenters. The molecule has 1 unspecified atom stereocenters. The van der Waals surface area contributed by atoms with Gasteiger partial charge in [0.05, 0.1) is 10.3 Å². The predicted octanol–water partition coefficient (Wildman–Crippen LogP) is 2.99. The Balaban J connectivity index is 1.63. The van der Waals surface area contributed by atoms with Crippen molar-refractivity contribution in [3.8, 4) is 11.1 Å². The van der Waals surface area contributed by atoms with Gasteiger partial charge in [-0.1, -0.05) is 30.3 Å². The van der Waals surface area contributed by atoms with Crippen molar-refractivity contribution < 1.29 is 18.3 Å². The van der Waals surface area contributed by atoms with Crippen molar-refractivity contribution in [1.29, 1.82) is 0 Å². The first kappa shape index (κ1) is 21.1. The van der Waals surface area contributed by atoms with Gasteiger partial charge >= 0.3 is 0 Å². The molecule has 160 valence electrons. The highest BCUT2D eigenvalue weighted by atomic mass is 32.2.